The smallest absolute Gasteiger partial charge is 0.131 e. The number of nitrogens with zero attached hydrogens (tertiary/aromatic N) is 2. The molecule has 0 radical (unpaired) electrons. The number of rotatable bonds is 3. The van der Waals surface area contributed by atoms with Gasteiger partial charge < -0.3 is 4.84 Å². The van der Waals surface area contributed by atoms with Crippen molar-refractivity contribution in [3.63, 3.8) is 0 Å². The van der Waals surface area contributed by atoms with Crippen molar-refractivity contribution < 1.29 is 4.84 Å². The second-order valence-corrected chi connectivity index (χ2v) is 2.61. The standard InChI is InChI=1S/C7H12N2O/c1-7(2)5-10-9-4-3-8-6-9/h3-4,6-7H,5H2,1-2H3. The Morgan fingerprint density at radius 3 is 2.90 bits per heavy atom. The van der Waals surface area contributed by atoms with Crippen molar-refractivity contribution in [2.45, 2.75) is 13.8 Å². The fourth-order valence-electron chi connectivity index (χ4n) is 0.558. The van der Waals surface area contributed by atoms with E-state index >= 15 is 0 Å². The van der Waals surface area contributed by atoms with E-state index in [0.29, 0.717) is 5.92 Å². The molecule has 1 aromatic rings. The van der Waals surface area contributed by atoms with Crippen LogP contribution in [0, 0.1) is 5.92 Å². The summed E-state index contributed by atoms with van der Waals surface area (Å²) in [5.41, 5.74) is 0. The van der Waals surface area contributed by atoms with Crippen molar-refractivity contribution in [3.05, 3.63) is 18.7 Å². The molecule has 0 saturated carbocycles. The first-order valence-electron chi connectivity index (χ1n) is 3.40. The summed E-state index contributed by atoms with van der Waals surface area (Å²) in [4.78, 5) is 9.10. The van der Waals surface area contributed by atoms with E-state index in [0.717, 1.165) is 6.61 Å². The second kappa shape index (κ2) is 3.25. The van der Waals surface area contributed by atoms with Crippen LogP contribution in [0.15, 0.2) is 18.7 Å². The van der Waals surface area contributed by atoms with Gasteiger partial charge in [0.2, 0.25) is 0 Å². The summed E-state index contributed by atoms with van der Waals surface area (Å²) < 4.78 is 1.61. The van der Waals surface area contributed by atoms with E-state index in [9.17, 15) is 0 Å². The zero-order chi connectivity index (χ0) is 7.40. The van der Waals surface area contributed by atoms with Crippen LogP contribution in [0.25, 0.3) is 0 Å². The predicted molar refractivity (Wildman–Crippen MR) is 38.5 cm³/mol. The molecule has 1 heterocycles. The Hall–Kier alpha value is -0.990. The van der Waals surface area contributed by atoms with E-state index in [1.807, 2.05) is 0 Å². The lowest BCUT2D eigenvalue weighted by Crippen LogP contribution is -2.14. The van der Waals surface area contributed by atoms with Crippen LogP contribution >= 0.6 is 0 Å². The highest BCUT2D eigenvalue weighted by Crippen LogP contribution is 1.89. The molecular weight excluding hydrogens is 128 g/mol. The van der Waals surface area contributed by atoms with Gasteiger partial charge >= 0.3 is 0 Å². The Balaban J connectivity index is 2.28. The third-order valence-electron chi connectivity index (χ3n) is 1.04. The Morgan fingerprint density at radius 1 is 1.60 bits per heavy atom. The van der Waals surface area contributed by atoms with Gasteiger partial charge in [-0.3, -0.25) is 0 Å². The highest BCUT2D eigenvalue weighted by Gasteiger charge is 1.93. The molecule has 0 unspecified atom stereocenters. The molecule has 0 bridgehead atoms. The van der Waals surface area contributed by atoms with Crippen LogP contribution in [0.1, 0.15) is 13.8 Å². The highest BCUT2D eigenvalue weighted by molar-refractivity contribution is 4.69. The third-order valence-corrected chi connectivity index (χ3v) is 1.04. The summed E-state index contributed by atoms with van der Waals surface area (Å²) in [5, 5.41) is 0. The molecule has 0 fully saturated rings. The molecule has 0 aromatic carbocycles. The first kappa shape index (κ1) is 7.12. The van der Waals surface area contributed by atoms with Crippen molar-refractivity contribution in [1.29, 1.82) is 0 Å². The molecule has 0 spiro atoms. The Bertz CT molecular complexity index is 170. The molecule has 0 atom stereocenters. The molecule has 0 aliphatic heterocycles. The maximum absolute atomic E-state index is 5.26. The maximum Gasteiger partial charge on any atom is 0.131 e. The first-order chi connectivity index (χ1) is 4.79. The van der Waals surface area contributed by atoms with E-state index in [1.165, 1.54) is 0 Å². The normalized spacial score (nSPS) is 10.3. The first-order valence-corrected chi connectivity index (χ1v) is 3.40. The van der Waals surface area contributed by atoms with Crippen LogP contribution in [-0.4, -0.2) is 16.3 Å². The minimum absolute atomic E-state index is 0.558. The third kappa shape index (κ3) is 2.09. The van der Waals surface area contributed by atoms with E-state index < -0.39 is 0 Å². The quantitative estimate of drug-likeness (QED) is 0.625. The van der Waals surface area contributed by atoms with Crippen molar-refractivity contribution in [2.75, 3.05) is 6.61 Å². The van der Waals surface area contributed by atoms with Crippen molar-refractivity contribution >= 4 is 0 Å². The Labute approximate surface area is 60.6 Å². The lowest BCUT2D eigenvalue weighted by molar-refractivity contribution is 0.0885. The number of aromatic nitrogens is 2. The largest absolute Gasteiger partial charge is 0.413 e. The number of hydrogen-bond acceptors (Lipinski definition) is 2. The highest BCUT2D eigenvalue weighted by atomic mass is 16.7. The van der Waals surface area contributed by atoms with Crippen LogP contribution in [-0.2, 0) is 0 Å². The van der Waals surface area contributed by atoms with Gasteiger partial charge in [-0.05, 0) is 5.92 Å². The Morgan fingerprint density at radius 2 is 2.40 bits per heavy atom. The fraction of sp³-hybridized carbons (Fsp3) is 0.571. The van der Waals surface area contributed by atoms with Crippen LogP contribution in [0.3, 0.4) is 0 Å². The van der Waals surface area contributed by atoms with Crippen LogP contribution in [0.5, 0.6) is 0 Å². The summed E-state index contributed by atoms with van der Waals surface area (Å²) >= 11 is 0. The lowest BCUT2D eigenvalue weighted by Gasteiger charge is -2.06. The minimum atomic E-state index is 0.558. The molecule has 3 nitrogen and oxygen atoms in total. The number of imidazole rings is 1. The SMILES string of the molecule is CC(C)COn1ccnc1. The molecule has 3 heteroatoms. The number of hydrogen-bond donors (Lipinski definition) is 0. The average Bonchev–Trinajstić information content (AvgIpc) is 2.34. The molecule has 0 aliphatic carbocycles. The summed E-state index contributed by atoms with van der Waals surface area (Å²) in [5.74, 6) is 0.558. The van der Waals surface area contributed by atoms with Gasteiger partial charge in [0.25, 0.3) is 0 Å². The summed E-state index contributed by atoms with van der Waals surface area (Å²) in [6.45, 7) is 4.95. The fourth-order valence-corrected chi connectivity index (χ4v) is 0.558. The van der Waals surface area contributed by atoms with Gasteiger partial charge in [-0.2, -0.15) is 4.73 Å². The molecule has 56 valence electrons. The average molecular weight is 140 g/mol. The van der Waals surface area contributed by atoms with Crippen LogP contribution in [0.2, 0.25) is 0 Å². The summed E-state index contributed by atoms with van der Waals surface area (Å²) in [6, 6.07) is 0. The van der Waals surface area contributed by atoms with Gasteiger partial charge in [0.1, 0.15) is 12.9 Å². The van der Waals surface area contributed by atoms with Gasteiger partial charge in [-0.15, -0.1) is 0 Å². The molecule has 1 rings (SSSR count). The predicted octanol–water partition coefficient (Wildman–Crippen LogP) is 0.968. The van der Waals surface area contributed by atoms with Gasteiger partial charge in [-0.25, -0.2) is 4.98 Å². The zero-order valence-corrected chi connectivity index (χ0v) is 6.32. The van der Waals surface area contributed by atoms with E-state index in [4.69, 9.17) is 4.84 Å². The molecule has 0 N–H and O–H groups in total. The molecule has 0 aliphatic rings. The maximum atomic E-state index is 5.26. The monoisotopic (exact) mass is 140 g/mol. The minimum Gasteiger partial charge on any atom is -0.413 e. The Kier molecular flexibility index (Phi) is 2.31. The van der Waals surface area contributed by atoms with E-state index in [1.54, 1.807) is 23.5 Å². The summed E-state index contributed by atoms with van der Waals surface area (Å²) in [7, 11) is 0. The van der Waals surface area contributed by atoms with Crippen molar-refractivity contribution in [2.24, 2.45) is 5.92 Å². The molecule has 0 amide bonds. The lowest BCUT2D eigenvalue weighted by atomic mass is 10.2. The van der Waals surface area contributed by atoms with Gasteiger partial charge in [0, 0.05) is 6.20 Å². The second-order valence-electron chi connectivity index (χ2n) is 2.61. The van der Waals surface area contributed by atoms with E-state index in [-0.39, 0.29) is 0 Å². The molecule has 1 aromatic heterocycles. The van der Waals surface area contributed by atoms with E-state index in [2.05, 4.69) is 18.8 Å². The molecule has 0 saturated heterocycles. The van der Waals surface area contributed by atoms with Gasteiger partial charge in [0.05, 0.1) is 6.20 Å². The van der Waals surface area contributed by atoms with Crippen molar-refractivity contribution in [1.82, 2.24) is 9.71 Å². The van der Waals surface area contributed by atoms with Crippen LogP contribution < -0.4 is 4.84 Å². The topological polar surface area (TPSA) is 27.1 Å². The summed E-state index contributed by atoms with van der Waals surface area (Å²) in [6.07, 6.45) is 5.12. The zero-order valence-electron chi connectivity index (χ0n) is 6.32. The van der Waals surface area contributed by atoms with Gasteiger partial charge in [0.15, 0.2) is 0 Å². The van der Waals surface area contributed by atoms with Gasteiger partial charge in [-0.1, -0.05) is 13.8 Å². The molecule has 10 heavy (non-hydrogen) atoms. The van der Waals surface area contributed by atoms with Crippen LogP contribution in [0.4, 0.5) is 0 Å². The van der Waals surface area contributed by atoms with Crippen molar-refractivity contribution in [3.8, 4) is 0 Å². The molecular formula is C7H12N2O.